The zero-order valence-corrected chi connectivity index (χ0v) is 17.0. The maximum absolute atomic E-state index is 12.9. The molecule has 1 atom stereocenters. The minimum atomic E-state index is -0.361. The molecule has 4 rings (SSSR count). The van der Waals surface area contributed by atoms with Crippen LogP contribution in [0.25, 0.3) is 6.08 Å². The van der Waals surface area contributed by atoms with E-state index in [1.165, 1.54) is 10.5 Å². The van der Waals surface area contributed by atoms with Gasteiger partial charge in [0.15, 0.2) is 0 Å². The lowest BCUT2D eigenvalue weighted by Crippen LogP contribution is -2.52. The molecular weight excluding hydrogens is 386 g/mol. The predicted octanol–water partition coefficient (Wildman–Crippen LogP) is 3.30. The van der Waals surface area contributed by atoms with E-state index < -0.39 is 0 Å². The lowest BCUT2D eigenvalue weighted by atomic mass is 10.1. The van der Waals surface area contributed by atoms with Crippen molar-refractivity contribution in [3.8, 4) is 0 Å². The summed E-state index contributed by atoms with van der Waals surface area (Å²) in [5.74, 6) is -0.273. The van der Waals surface area contributed by atoms with Crippen LogP contribution in [0.3, 0.4) is 0 Å². The average Bonchev–Trinajstić information content (AvgIpc) is 3.04. The summed E-state index contributed by atoms with van der Waals surface area (Å²) in [6, 6.07) is 16.7. The predicted molar refractivity (Wildman–Crippen MR) is 116 cm³/mol. The van der Waals surface area contributed by atoms with Crippen LogP contribution in [0.5, 0.6) is 0 Å². The third-order valence-corrected chi connectivity index (χ3v) is 5.78. The lowest BCUT2D eigenvalue weighted by molar-refractivity contribution is -0.123. The van der Waals surface area contributed by atoms with Crippen molar-refractivity contribution in [3.05, 3.63) is 71.3 Å². The van der Waals surface area contributed by atoms with Gasteiger partial charge in [0.25, 0.3) is 5.91 Å². The Morgan fingerprint density at radius 3 is 2.31 bits per heavy atom. The van der Waals surface area contributed by atoms with Gasteiger partial charge < -0.3 is 0 Å². The van der Waals surface area contributed by atoms with Crippen molar-refractivity contribution in [3.63, 3.8) is 0 Å². The number of hydrogen-bond acceptors (Lipinski definition) is 4. The van der Waals surface area contributed by atoms with Crippen LogP contribution in [-0.4, -0.2) is 60.4 Å². The molecule has 2 aromatic carbocycles. The van der Waals surface area contributed by atoms with Gasteiger partial charge in [-0.2, -0.15) is 0 Å². The van der Waals surface area contributed by atoms with Crippen LogP contribution in [0.2, 0.25) is 5.02 Å². The fourth-order valence-electron chi connectivity index (χ4n) is 3.92. The summed E-state index contributed by atoms with van der Waals surface area (Å²) in [7, 11) is 0. The summed E-state index contributed by atoms with van der Waals surface area (Å²) in [5.41, 5.74) is 1.79. The van der Waals surface area contributed by atoms with E-state index in [9.17, 15) is 9.59 Å². The lowest BCUT2D eigenvalue weighted by Gasteiger charge is -2.36. The second kappa shape index (κ2) is 8.91. The van der Waals surface area contributed by atoms with Crippen LogP contribution in [0, 0.1) is 0 Å². The second-order valence-electron chi connectivity index (χ2n) is 7.41. The first-order valence-corrected chi connectivity index (χ1v) is 10.3. The highest BCUT2D eigenvalue weighted by molar-refractivity contribution is 6.30. The van der Waals surface area contributed by atoms with Crippen LogP contribution >= 0.6 is 11.6 Å². The average molecular weight is 410 g/mol. The highest BCUT2D eigenvalue weighted by Gasteiger charge is 2.43. The van der Waals surface area contributed by atoms with Gasteiger partial charge in [-0.05, 0) is 29.8 Å². The Balaban J connectivity index is 1.31. The number of carbonyl (C=O) groups is 2. The summed E-state index contributed by atoms with van der Waals surface area (Å²) in [5, 5.41) is 0.585. The number of anilines is 1. The molecule has 2 aromatic rings. The number of rotatable bonds is 5. The van der Waals surface area contributed by atoms with Gasteiger partial charge in [-0.15, -0.1) is 0 Å². The molecule has 6 heteroatoms. The Morgan fingerprint density at radius 1 is 0.931 bits per heavy atom. The minimum Gasteiger partial charge on any atom is -0.297 e. The number of piperazine rings is 1. The van der Waals surface area contributed by atoms with Crippen LogP contribution < -0.4 is 4.90 Å². The number of carbonyl (C=O) groups excluding carboxylic acids is 2. The fourth-order valence-corrected chi connectivity index (χ4v) is 4.05. The summed E-state index contributed by atoms with van der Waals surface area (Å²) in [6.07, 6.45) is 4.56. The third-order valence-electron chi connectivity index (χ3n) is 5.53. The number of halogens is 1. The van der Waals surface area contributed by atoms with Crippen molar-refractivity contribution in [2.45, 2.75) is 12.5 Å². The maximum atomic E-state index is 12.9. The number of amides is 2. The molecule has 2 aliphatic heterocycles. The molecule has 0 radical (unpaired) electrons. The van der Waals surface area contributed by atoms with E-state index in [4.69, 9.17) is 11.6 Å². The zero-order valence-electron chi connectivity index (χ0n) is 16.2. The van der Waals surface area contributed by atoms with Crippen LogP contribution in [0.15, 0.2) is 60.7 Å². The first-order valence-electron chi connectivity index (χ1n) is 9.92. The zero-order chi connectivity index (χ0) is 20.2. The standard InChI is InChI=1S/C23H24ClN3O2/c24-19-8-10-20(11-9-19)27-22(28)17-21(23(27)29)26-15-13-25(14-16-26)12-4-7-18-5-2-1-3-6-18/h1-11,21H,12-17H2/b7-4-/t21-/m0/s1. The van der Waals surface area contributed by atoms with Crippen molar-refractivity contribution in [2.75, 3.05) is 37.6 Å². The van der Waals surface area contributed by atoms with Gasteiger partial charge in [0, 0.05) is 37.7 Å². The molecule has 0 spiro atoms. The highest BCUT2D eigenvalue weighted by atomic mass is 35.5. The van der Waals surface area contributed by atoms with Crippen molar-refractivity contribution in [1.82, 2.24) is 9.80 Å². The smallest absolute Gasteiger partial charge is 0.251 e. The van der Waals surface area contributed by atoms with E-state index in [0.29, 0.717) is 10.7 Å². The molecule has 0 saturated carbocycles. The molecule has 2 heterocycles. The van der Waals surface area contributed by atoms with Crippen molar-refractivity contribution in [2.24, 2.45) is 0 Å². The minimum absolute atomic E-state index is 0.130. The van der Waals surface area contributed by atoms with E-state index in [-0.39, 0.29) is 24.3 Å². The Kier molecular flexibility index (Phi) is 6.09. The first kappa shape index (κ1) is 19.8. The van der Waals surface area contributed by atoms with Crippen LogP contribution in [0.1, 0.15) is 12.0 Å². The van der Waals surface area contributed by atoms with Crippen molar-refractivity contribution < 1.29 is 9.59 Å². The molecule has 2 aliphatic rings. The molecule has 0 bridgehead atoms. The molecule has 0 aliphatic carbocycles. The normalized spacial score (nSPS) is 21.4. The van der Waals surface area contributed by atoms with Gasteiger partial charge in [-0.25, -0.2) is 4.90 Å². The van der Waals surface area contributed by atoms with Gasteiger partial charge in [-0.1, -0.05) is 54.1 Å². The summed E-state index contributed by atoms with van der Waals surface area (Å²) < 4.78 is 0. The van der Waals surface area contributed by atoms with Gasteiger partial charge in [0.1, 0.15) is 0 Å². The second-order valence-corrected chi connectivity index (χ2v) is 7.85. The molecule has 0 unspecified atom stereocenters. The first-order chi connectivity index (χ1) is 14.1. The fraction of sp³-hybridized carbons (Fsp3) is 0.304. The van der Waals surface area contributed by atoms with Crippen molar-refractivity contribution >= 4 is 35.2 Å². The van der Waals surface area contributed by atoms with E-state index in [2.05, 4.69) is 34.1 Å². The monoisotopic (exact) mass is 409 g/mol. The topological polar surface area (TPSA) is 43.9 Å². The largest absolute Gasteiger partial charge is 0.297 e. The number of benzene rings is 2. The Hall–Kier alpha value is -2.47. The SMILES string of the molecule is O=C1C[C@H](N2CCN(C/C=C\c3ccccc3)CC2)C(=O)N1c1ccc(Cl)cc1. The summed E-state index contributed by atoms with van der Waals surface area (Å²) in [6.45, 7) is 4.24. The van der Waals surface area contributed by atoms with Crippen LogP contribution in [0.4, 0.5) is 5.69 Å². The number of hydrogen-bond donors (Lipinski definition) is 0. The quantitative estimate of drug-likeness (QED) is 0.711. The molecule has 0 aromatic heterocycles. The highest BCUT2D eigenvalue weighted by Crippen LogP contribution is 2.27. The van der Waals surface area contributed by atoms with E-state index >= 15 is 0 Å². The Morgan fingerprint density at radius 2 is 1.62 bits per heavy atom. The third kappa shape index (κ3) is 4.58. The summed E-state index contributed by atoms with van der Waals surface area (Å²) in [4.78, 5) is 31.2. The molecule has 150 valence electrons. The van der Waals surface area contributed by atoms with Gasteiger partial charge in [0.2, 0.25) is 5.91 Å². The van der Waals surface area contributed by atoms with E-state index in [0.717, 1.165) is 32.7 Å². The molecule has 2 fully saturated rings. The maximum Gasteiger partial charge on any atom is 0.251 e. The van der Waals surface area contributed by atoms with E-state index in [1.54, 1.807) is 24.3 Å². The molecule has 2 saturated heterocycles. The Bertz CT molecular complexity index is 890. The van der Waals surface area contributed by atoms with E-state index in [1.807, 2.05) is 18.2 Å². The van der Waals surface area contributed by atoms with Crippen LogP contribution in [-0.2, 0) is 9.59 Å². The molecule has 2 amide bonds. The van der Waals surface area contributed by atoms with Gasteiger partial charge in [0.05, 0.1) is 18.2 Å². The molecule has 0 N–H and O–H groups in total. The summed E-state index contributed by atoms with van der Waals surface area (Å²) >= 11 is 5.92. The molecular formula is C23H24ClN3O2. The van der Waals surface area contributed by atoms with Gasteiger partial charge in [-0.3, -0.25) is 19.4 Å². The van der Waals surface area contributed by atoms with Crippen molar-refractivity contribution in [1.29, 1.82) is 0 Å². The number of imide groups is 1. The molecule has 29 heavy (non-hydrogen) atoms. The van der Waals surface area contributed by atoms with Gasteiger partial charge >= 0.3 is 0 Å². The Labute approximate surface area is 176 Å². The number of nitrogens with zero attached hydrogens (tertiary/aromatic N) is 3. The molecule has 5 nitrogen and oxygen atoms in total.